The summed E-state index contributed by atoms with van der Waals surface area (Å²) in [6.45, 7) is 2.15. The minimum atomic E-state index is -0.187. The van der Waals surface area contributed by atoms with Crippen molar-refractivity contribution >= 4 is 5.91 Å². The SMILES string of the molecule is O=C1CNCCN1[C@H]1CC[C@@H](O)C1. The number of hydrogen-bond acceptors (Lipinski definition) is 3. The second-order valence-corrected chi connectivity index (χ2v) is 3.88. The molecule has 1 saturated heterocycles. The predicted octanol–water partition coefficient (Wildman–Crippen LogP) is -0.668. The van der Waals surface area contributed by atoms with Crippen LogP contribution in [0, 0.1) is 0 Å². The van der Waals surface area contributed by atoms with E-state index in [4.69, 9.17) is 0 Å². The van der Waals surface area contributed by atoms with Gasteiger partial charge in [0.1, 0.15) is 0 Å². The Kier molecular flexibility index (Phi) is 2.51. The van der Waals surface area contributed by atoms with Gasteiger partial charge in [0.05, 0.1) is 12.6 Å². The zero-order valence-electron chi connectivity index (χ0n) is 7.70. The Hall–Kier alpha value is -0.610. The average Bonchev–Trinajstić information content (AvgIpc) is 2.53. The van der Waals surface area contributed by atoms with E-state index < -0.39 is 0 Å². The first-order valence-electron chi connectivity index (χ1n) is 4.95. The third kappa shape index (κ3) is 1.84. The maximum atomic E-state index is 11.5. The van der Waals surface area contributed by atoms with Gasteiger partial charge < -0.3 is 15.3 Å². The fourth-order valence-electron chi connectivity index (χ4n) is 2.22. The van der Waals surface area contributed by atoms with Crippen LogP contribution in [-0.2, 0) is 4.79 Å². The second-order valence-electron chi connectivity index (χ2n) is 3.88. The first kappa shape index (κ1) is 8.97. The highest BCUT2D eigenvalue weighted by molar-refractivity contribution is 5.79. The molecule has 0 bridgehead atoms. The minimum Gasteiger partial charge on any atom is -0.393 e. The van der Waals surface area contributed by atoms with E-state index in [9.17, 15) is 9.90 Å². The number of nitrogens with one attached hydrogen (secondary N) is 1. The summed E-state index contributed by atoms with van der Waals surface area (Å²) in [6, 6.07) is 0.296. The number of piperazine rings is 1. The zero-order valence-corrected chi connectivity index (χ0v) is 7.70. The maximum absolute atomic E-state index is 11.5. The quantitative estimate of drug-likeness (QED) is 0.568. The number of aliphatic hydroxyl groups excluding tert-OH is 1. The van der Waals surface area contributed by atoms with Crippen LogP contribution in [0.5, 0.6) is 0 Å². The molecule has 13 heavy (non-hydrogen) atoms. The van der Waals surface area contributed by atoms with Crippen LogP contribution in [0.25, 0.3) is 0 Å². The van der Waals surface area contributed by atoms with Gasteiger partial charge in [-0.15, -0.1) is 0 Å². The molecule has 1 aliphatic heterocycles. The highest BCUT2D eigenvalue weighted by atomic mass is 16.3. The Morgan fingerprint density at radius 3 is 2.92 bits per heavy atom. The largest absolute Gasteiger partial charge is 0.393 e. The molecule has 0 aromatic carbocycles. The molecular formula is C9H16N2O2. The molecule has 1 saturated carbocycles. The molecular weight excluding hydrogens is 168 g/mol. The van der Waals surface area contributed by atoms with Crippen LogP contribution in [0.4, 0.5) is 0 Å². The summed E-state index contributed by atoms with van der Waals surface area (Å²) >= 11 is 0. The summed E-state index contributed by atoms with van der Waals surface area (Å²) in [5.41, 5.74) is 0. The van der Waals surface area contributed by atoms with Gasteiger partial charge in [-0.1, -0.05) is 0 Å². The second kappa shape index (κ2) is 3.64. The Labute approximate surface area is 77.9 Å². The van der Waals surface area contributed by atoms with Gasteiger partial charge in [-0.25, -0.2) is 0 Å². The lowest BCUT2D eigenvalue weighted by atomic mass is 10.2. The van der Waals surface area contributed by atoms with E-state index in [0.717, 1.165) is 32.4 Å². The highest BCUT2D eigenvalue weighted by Crippen LogP contribution is 2.24. The summed E-state index contributed by atoms with van der Waals surface area (Å²) < 4.78 is 0. The number of amides is 1. The van der Waals surface area contributed by atoms with Gasteiger partial charge in [-0.3, -0.25) is 4.79 Å². The van der Waals surface area contributed by atoms with E-state index in [2.05, 4.69) is 5.32 Å². The Balaban J connectivity index is 1.95. The van der Waals surface area contributed by atoms with Crippen LogP contribution < -0.4 is 5.32 Å². The molecule has 0 radical (unpaired) electrons. The van der Waals surface area contributed by atoms with E-state index in [1.54, 1.807) is 0 Å². The smallest absolute Gasteiger partial charge is 0.236 e. The molecule has 2 N–H and O–H groups in total. The van der Waals surface area contributed by atoms with Gasteiger partial charge in [0.15, 0.2) is 0 Å². The van der Waals surface area contributed by atoms with E-state index in [-0.39, 0.29) is 12.0 Å². The van der Waals surface area contributed by atoms with Crippen molar-refractivity contribution in [2.45, 2.75) is 31.4 Å². The molecule has 2 atom stereocenters. The molecule has 4 heteroatoms. The first-order chi connectivity index (χ1) is 6.27. The fourth-order valence-corrected chi connectivity index (χ4v) is 2.22. The molecule has 0 aromatic rings. The molecule has 1 amide bonds. The number of carbonyl (C=O) groups is 1. The molecule has 2 fully saturated rings. The molecule has 2 rings (SSSR count). The molecule has 1 heterocycles. The van der Waals surface area contributed by atoms with Gasteiger partial charge in [0.25, 0.3) is 0 Å². The number of hydrogen-bond donors (Lipinski definition) is 2. The molecule has 0 aromatic heterocycles. The van der Waals surface area contributed by atoms with Crippen LogP contribution in [0.2, 0.25) is 0 Å². The fraction of sp³-hybridized carbons (Fsp3) is 0.889. The van der Waals surface area contributed by atoms with Crippen molar-refractivity contribution in [3.63, 3.8) is 0 Å². The summed E-state index contributed by atoms with van der Waals surface area (Å²) in [5.74, 6) is 0.186. The van der Waals surface area contributed by atoms with Crippen molar-refractivity contribution in [3.05, 3.63) is 0 Å². The van der Waals surface area contributed by atoms with E-state index in [1.165, 1.54) is 0 Å². The molecule has 0 spiro atoms. The van der Waals surface area contributed by atoms with Crippen LogP contribution in [0.1, 0.15) is 19.3 Å². The summed E-state index contributed by atoms with van der Waals surface area (Å²) in [6.07, 6.45) is 2.40. The Morgan fingerprint density at radius 1 is 1.46 bits per heavy atom. The highest BCUT2D eigenvalue weighted by Gasteiger charge is 2.31. The minimum absolute atomic E-state index is 0.186. The van der Waals surface area contributed by atoms with Gasteiger partial charge in [0, 0.05) is 19.1 Å². The van der Waals surface area contributed by atoms with Crippen molar-refractivity contribution in [2.75, 3.05) is 19.6 Å². The number of nitrogens with zero attached hydrogens (tertiary/aromatic N) is 1. The number of rotatable bonds is 1. The monoisotopic (exact) mass is 184 g/mol. The third-order valence-electron chi connectivity index (χ3n) is 2.94. The van der Waals surface area contributed by atoms with E-state index in [0.29, 0.717) is 12.6 Å². The van der Waals surface area contributed by atoms with Crippen molar-refractivity contribution in [1.82, 2.24) is 10.2 Å². The standard InChI is InChI=1S/C9H16N2O2/c12-8-2-1-7(5-8)11-4-3-10-6-9(11)13/h7-8,10,12H,1-6H2/t7-,8+/m0/s1. The topological polar surface area (TPSA) is 52.6 Å². The van der Waals surface area contributed by atoms with Crippen LogP contribution in [0.3, 0.4) is 0 Å². The van der Waals surface area contributed by atoms with Crippen molar-refractivity contribution in [1.29, 1.82) is 0 Å². The normalized spacial score (nSPS) is 35.5. The lowest BCUT2D eigenvalue weighted by Gasteiger charge is -2.32. The van der Waals surface area contributed by atoms with Crippen LogP contribution in [-0.4, -0.2) is 47.7 Å². The van der Waals surface area contributed by atoms with Crippen molar-refractivity contribution in [3.8, 4) is 0 Å². The molecule has 1 aliphatic carbocycles. The Bertz CT molecular complexity index is 208. The van der Waals surface area contributed by atoms with Crippen molar-refractivity contribution in [2.24, 2.45) is 0 Å². The number of carbonyl (C=O) groups excluding carboxylic acids is 1. The summed E-state index contributed by atoms with van der Waals surface area (Å²) in [4.78, 5) is 13.4. The lowest BCUT2D eigenvalue weighted by molar-refractivity contribution is -0.134. The van der Waals surface area contributed by atoms with Gasteiger partial charge in [0.2, 0.25) is 5.91 Å². The maximum Gasteiger partial charge on any atom is 0.236 e. The molecule has 4 nitrogen and oxygen atoms in total. The molecule has 2 aliphatic rings. The van der Waals surface area contributed by atoms with E-state index in [1.807, 2.05) is 4.90 Å². The Morgan fingerprint density at radius 2 is 2.31 bits per heavy atom. The number of aliphatic hydroxyl groups is 1. The van der Waals surface area contributed by atoms with Gasteiger partial charge >= 0.3 is 0 Å². The lowest BCUT2D eigenvalue weighted by Crippen LogP contribution is -2.51. The third-order valence-corrected chi connectivity index (χ3v) is 2.94. The van der Waals surface area contributed by atoms with Crippen LogP contribution in [0.15, 0.2) is 0 Å². The van der Waals surface area contributed by atoms with E-state index >= 15 is 0 Å². The first-order valence-corrected chi connectivity index (χ1v) is 4.95. The summed E-state index contributed by atoms with van der Waals surface area (Å²) in [7, 11) is 0. The molecule has 0 unspecified atom stereocenters. The van der Waals surface area contributed by atoms with Crippen molar-refractivity contribution < 1.29 is 9.90 Å². The van der Waals surface area contributed by atoms with Gasteiger partial charge in [-0.05, 0) is 19.3 Å². The molecule has 74 valence electrons. The van der Waals surface area contributed by atoms with Crippen LogP contribution >= 0.6 is 0 Å². The average molecular weight is 184 g/mol. The summed E-state index contributed by atoms with van der Waals surface area (Å²) in [5, 5.41) is 12.4. The zero-order chi connectivity index (χ0) is 9.26. The van der Waals surface area contributed by atoms with Gasteiger partial charge in [-0.2, -0.15) is 0 Å². The predicted molar refractivity (Wildman–Crippen MR) is 48.2 cm³/mol.